The minimum Gasteiger partial charge on any atom is -0.448 e. The maximum Gasteiger partial charge on any atom is 0.242 e. The zero-order valence-corrected chi connectivity index (χ0v) is 13.1. The first-order valence-corrected chi connectivity index (χ1v) is 8.08. The lowest BCUT2D eigenvalue weighted by Crippen LogP contribution is -2.24. The van der Waals surface area contributed by atoms with E-state index < -0.39 is 10.0 Å². The van der Waals surface area contributed by atoms with Gasteiger partial charge >= 0.3 is 0 Å². The van der Waals surface area contributed by atoms with Crippen molar-refractivity contribution in [3.63, 3.8) is 0 Å². The van der Waals surface area contributed by atoms with Crippen molar-refractivity contribution in [1.29, 1.82) is 0 Å². The van der Waals surface area contributed by atoms with E-state index in [1.54, 1.807) is 6.92 Å². The van der Waals surface area contributed by atoms with Gasteiger partial charge in [0.2, 0.25) is 10.0 Å². The first-order chi connectivity index (χ1) is 9.94. The Hall–Kier alpha value is -1.64. The lowest BCUT2D eigenvalue weighted by molar-refractivity contribution is 0.523. The van der Waals surface area contributed by atoms with Gasteiger partial charge in [0.05, 0.1) is 17.3 Å². The number of aryl methyl sites for hydroxylation is 1. The summed E-state index contributed by atoms with van der Waals surface area (Å²) in [7, 11) is -3.71. The third kappa shape index (κ3) is 3.72. The van der Waals surface area contributed by atoms with Crippen LogP contribution < -0.4 is 10.0 Å². The number of sulfonamides is 1. The molecule has 0 spiro atoms. The van der Waals surface area contributed by atoms with Crippen LogP contribution in [0.2, 0.25) is 5.02 Å². The van der Waals surface area contributed by atoms with Crippen LogP contribution in [0.1, 0.15) is 18.4 Å². The largest absolute Gasteiger partial charge is 0.448 e. The number of nitrogens with zero attached hydrogens (tertiary/aromatic N) is 2. The average Bonchev–Trinajstić information content (AvgIpc) is 2.84. The van der Waals surface area contributed by atoms with Crippen molar-refractivity contribution < 1.29 is 12.8 Å². The molecule has 114 valence electrons. The summed E-state index contributed by atoms with van der Waals surface area (Å²) in [5.74, 6) is 1.02. The lowest BCUT2D eigenvalue weighted by Gasteiger charge is -2.08. The maximum atomic E-state index is 12.2. The highest BCUT2D eigenvalue weighted by Gasteiger charge is 2.17. The van der Waals surface area contributed by atoms with Gasteiger partial charge in [-0.25, -0.2) is 23.1 Å². The molecule has 7 nitrogen and oxygen atoms in total. The number of rotatable bonds is 6. The second-order valence-corrected chi connectivity index (χ2v) is 6.39. The molecule has 2 heterocycles. The van der Waals surface area contributed by atoms with Gasteiger partial charge in [-0.1, -0.05) is 11.6 Å². The van der Waals surface area contributed by atoms with E-state index in [1.807, 2.05) is 6.92 Å². The molecular weight excluding hydrogens is 316 g/mol. The summed E-state index contributed by atoms with van der Waals surface area (Å²) in [6, 6.07) is 1.35. The molecule has 0 aliphatic rings. The normalized spacial score (nSPS) is 11.6. The molecule has 0 bridgehead atoms. The van der Waals surface area contributed by atoms with Gasteiger partial charge in [0.15, 0.2) is 6.39 Å². The smallest absolute Gasteiger partial charge is 0.242 e. The van der Waals surface area contributed by atoms with E-state index in [1.165, 1.54) is 18.7 Å². The highest BCUT2D eigenvalue weighted by molar-refractivity contribution is 7.89. The van der Waals surface area contributed by atoms with E-state index in [0.29, 0.717) is 23.8 Å². The summed E-state index contributed by atoms with van der Waals surface area (Å²) in [5.41, 5.74) is 0.530. The number of oxazole rings is 1. The summed E-state index contributed by atoms with van der Waals surface area (Å²) in [5, 5.41) is 3.18. The van der Waals surface area contributed by atoms with Crippen molar-refractivity contribution >= 4 is 27.4 Å². The molecule has 2 rings (SSSR count). The molecule has 2 aromatic heterocycles. The molecule has 0 aliphatic carbocycles. The molecule has 0 amide bonds. The van der Waals surface area contributed by atoms with E-state index in [2.05, 4.69) is 20.0 Å². The molecule has 2 aromatic rings. The van der Waals surface area contributed by atoms with E-state index in [0.717, 1.165) is 0 Å². The van der Waals surface area contributed by atoms with Crippen molar-refractivity contribution in [2.45, 2.75) is 25.3 Å². The Morgan fingerprint density at radius 2 is 2.14 bits per heavy atom. The van der Waals surface area contributed by atoms with Gasteiger partial charge in [-0.3, -0.25) is 0 Å². The van der Waals surface area contributed by atoms with Gasteiger partial charge in [0.1, 0.15) is 16.5 Å². The van der Waals surface area contributed by atoms with E-state index in [4.69, 9.17) is 16.0 Å². The summed E-state index contributed by atoms with van der Waals surface area (Å²) in [6.45, 7) is 4.28. The minimum absolute atomic E-state index is 0.00435. The van der Waals surface area contributed by atoms with Gasteiger partial charge in [0.25, 0.3) is 0 Å². The molecule has 0 aromatic carbocycles. The Labute approximate surface area is 127 Å². The predicted molar refractivity (Wildman–Crippen MR) is 78.7 cm³/mol. The monoisotopic (exact) mass is 330 g/mol. The molecule has 0 unspecified atom stereocenters. The van der Waals surface area contributed by atoms with Crippen LogP contribution in [-0.2, 0) is 16.6 Å². The Morgan fingerprint density at radius 1 is 1.38 bits per heavy atom. The topological polar surface area (TPSA) is 97.1 Å². The van der Waals surface area contributed by atoms with Crippen LogP contribution in [0, 0.1) is 6.92 Å². The zero-order chi connectivity index (χ0) is 15.5. The minimum atomic E-state index is -3.71. The third-order valence-electron chi connectivity index (χ3n) is 2.74. The summed E-state index contributed by atoms with van der Waals surface area (Å²) >= 11 is 5.99. The number of halogens is 1. The summed E-state index contributed by atoms with van der Waals surface area (Å²) in [6.07, 6.45) is 2.52. The Morgan fingerprint density at radius 3 is 2.71 bits per heavy atom. The van der Waals surface area contributed by atoms with Crippen LogP contribution in [0.25, 0.3) is 0 Å². The first-order valence-electron chi connectivity index (χ1n) is 6.22. The van der Waals surface area contributed by atoms with E-state index in [9.17, 15) is 8.42 Å². The number of aromatic nitrogens is 2. The van der Waals surface area contributed by atoms with Crippen LogP contribution in [-0.4, -0.2) is 24.9 Å². The number of anilines is 1. The highest BCUT2D eigenvalue weighted by Crippen LogP contribution is 2.22. The maximum absolute atomic E-state index is 12.2. The molecular formula is C12H15ClN4O3S. The molecule has 0 aliphatic heterocycles. The van der Waals surface area contributed by atoms with Gasteiger partial charge in [-0.05, 0) is 19.9 Å². The van der Waals surface area contributed by atoms with Crippen LogP contribution in [0.5, 0.6) is 0 Å². The fraction of sp³-hybridized carbons (Fsp3) is 0.333. The second kappa shape index (κ2) is 6.42. The van der Waals surface area contributed by atoms with Gasteiger partial charge in [-0.2, -0.15) is 0 Å². The fourth-order valence-corrected chi connectivity index (χ4v) is 2.87. The average molecular weight is 331 g/mol. The molecule has 0 atom stereocenters. The summed E-state index contributed by atoms with van der Waals surface area (Å²) < 4.78 is 31.8. The molecule has 2 N–H and O–H groups in total. The highest BCUT2D eigenvalue weighted by atomic mass is 35.5. The van der Waals surface area contributed by atoms with E-state index in [-0.39, 0.29) is 16.5 Å². The van der Waals surface area contributed by atoms with Crippen LogP contribution in [0.4, 0.5) is 5.82 Å². The molecule has 21 heavy (non-hydrogen) atoms. The van der Waals surface area contributed by atoms with Crippen LogP contribution >= 0.6 is 11.6 Å². The number of hydrogen-bond acceptors (Lipinski definition) is 6. The Balaban J connectivity index is 2.16. The Bertz CT molecular complexity index is 730. The quantitative estimate of drug-likeness (QED) is 0.840. The predicted octanol–water partition coefficient (Wildman–Crippen LogP) is 1.94. The zero-order valence-electron chi connectivity index (χ0n) is 11.6. The van der Waals surface area contributed by atoms with Crippen molar-refractivity contribution in [2.75, 3.05) is 11.9 Å². The molecule has 9 heteroatoms. The second-order valence-electron chi connectivity index (χ2n) is 4.21. The Kier molecular flexibility index (Phi) is 4.81. The van der Waals surface area contributed by atoms with Crippen LogP contribution in [0.15, 0.2) is 28.0 Å². The van der Waals surface area contributed by atoms with Crippen LogP contribution in [0.3, 0.4) is 0 Å². The van der Waals surface area contributed by atoms with Crippen molar-refractivity contribution in [3.05, 3.63) is 35.1 Å². The molecule has 0 fully saturated rings. The third-order valence-corrected chi connectivity index (χ3v) is 4.40. The lowest BCUT2D eigenvalue weighted by atomic mass is 10.4. The summed E-state index contributed by atoms with van der Waals surface area (Å²) in [4.78, 5) is 7.92. The van der Waals surface area contributed by atoms with Gasteiger partial charge in [-0.15, -0.1) is 0 Å². The van der Waals surface area contributed by atoms with Gasteiger partial charge in [0, 0.05) is 12.7 Å². The van der Waals surface area contributed by atoms with Crippen molar-refractivity contribution in [3.8, 4) is 0 Å². The van der Waals surface area contributed by atoms with E-state index >= 15 is 0 Å². The first kappa shape index (κ1) is 15.7. The number of nitrogens with one attached hydrogen (secondary N) is 2. The molecule has 0 radical (unpaired) electrons. The molecule has 0 saturated carbocycles. The number of pyridine rings is 1. The van der Waals surface area contributed by atoms with Crippen molar-refractivity contribution in [2.24, 2.45) is 0 Å². The van der Waals surface area contributed by atoms with Crippen molar-refractivity contribution in [1.82, 2.24) is 14.7 Å². The SMILES string of the molecule is CCNc1ncc(S(=O)(=O)NCc2ncoc2C)cc1Cl. The molecule has 0 saturated heterocycles. The fourth-order valence-electron chi connectivity index (χ4n) is 1.61. The number of hydrogen-bond donors (Lipinski definition) is 2. The standard InChI is InChI=1S/C12H15ClN4O3S/c1-3-14-12-10(13)4-9(5-15-12)21(18,19)17-6-11-8(2)20-7-16-11/h4-5,7,17H,3,6H2,1-2H3,(H,14,15). The van der Waals surface area contributed by atoms with Gasteiger partial charge < -0.3 is 9.73 Å².